The average Bonchev–Trinajstić information content (AvgIpc) is 2.10. The van der Waals surface area contributed by atoms with Crippen molar-refractivity contribution in [3.05, 3.63) is 0 Å². The van der Waals surface area contributed by atoms with Crippen LogP contribution >= 0.6 is 0 Å². The highest BCUT2D eigenvalue weighted by atomic mass is 16.7. The van der Waals surface area contributed by atoms with Crippen molar-refractivity contribution in [1.82, 2.24) is 0 Å². The van der Waals surface area contributed by atoms with Crippen LogP contribution in [0.25, 0.3) is 0 Å². The Labute approximate surface area is 66.7 Å². The van der Waals surface area contributed by atoms with E-state index in [2.05, 4.69) is 20.8 Å². The van der Waals surface area contributed by atoms with Gasteiger partial charge in [0.2, 0.25) is 6.29 Å². The van der Waals surface area contributed by atoms with Gasteiger partial charge in [0.15, 0.2) is 0 Å². The lowest BCUT2D eigenvalue weighted by atomic mass is 9.92. The number of hydrogen-bond acceptors (Lipinski definition) is 3. The van der Waals surface area contributed by atoms with Gasteiger partial charge in [0.25, 0.3) is 0 Å². The average molecular weight is 158 g/mol. The molecule has 1 atom stereocenters. The fourth-order valence-electron chi connectivity index (χ4n) is 0.976. The zero-order chi connectivity index (χ0) is 8.48. The summed E-state index contributed by atoms with van der Waals surface area (Å²) in [6, 6.07) is 0. The van der Waals surface area contributed by atoms with Crippen molar-refractivity contribution >= 4 is 5.97 Å². The van der Waals surface area contributed by atoms with Gasteiger partial charge in [-0.25, -0.2) is 4.79 Å². The summed E-state index contributed by atoms with van der Waals surface area (Å²) < 4.78 is 9.95. The Bertz CT molecular complexity index is 157. The molecule has 3 nitrogen and oxygen atoms in total. The molecule has 0 spiro atoms. The predicted octanol–water partition coefficient (Wildman–Crippen LogP) is 1.32. The van der Waals surface area contributed by atoms with Crippen molar-refractivity contribution in [3.8, 4) is 0 Å². The topological polar surface area (TPSA) is 35.5 Å². The summed E-state index contributed by atoms with van der Waals surface area (Å²) in [7, 11) is 0. The second-order valence-electron chi connectivity index (χ2n) is 4.00. The Kier molecular flexibility index (Phi) is 2.18. The quantitative estimate of drug-likeness (QED) is 0.540. The highest BCUT2D eigenvalue weighted by Crippen LogP contribution is 2.24. The molecular weight excluding hydrogens is 144 g/mol. The van der Waals surface area contributed by atoms with Crippen LogP contribution in [0, 0.1) is 5.41 Å². The normalized spacial score (nSPS) is 25.4. The number of carbonyl (C=O) groups excluding carboxylic acids is 1. The van der Waals surface area contributed by atoms with Crippen LogP contribution in [0.15, 0.2) is 0 Å². The maximum absolute atomic E-state index is 10.6. The maximum Gasteiger partial charge on any atom is 0.334 e. The van der Waals surface area contributed by atoms with Gasteiger partial charge in [-0.3, -0.25) is 0 Å². The SMILES string of the molecule is CC(C)(C)CC1OCC(=O)O1. The van der Waals surface area contributed by atoms with Crippen molar-refractivity contribution in [2.45, 2.75) is 33.5 Å². The van der Waals surface area contributed by atoms with Crippen LogP contribution in [0.5, 0.6) is 0 Å². The number of cyclic esters (lactones) is 1. The highest BCUT2D eigenvalue weighted by molar-refractivity contribution is 5.72. The summed E-state index contributed by atoms with van der Waals surface area (Å²) in [5, 5.41) is 0. The van der Waals surface area contributed by atoms with Crippen LogP contribution in [-0.2, 0) is 14.3 Å². The molecule has 1 saturated heterocycles. The van der Waals surface area contributed by atoms with Gasteiger partial charge in [-0.1, -0.05) is 20.8 Å². The van der Waals surface area contributed by atoms with E-state index < -0.39 is 0 Å². The van der Waals surface area contributed by atoms with Gasteiger partial charge in [-0.05, 0) is 5.41 Å². The van der Waals surface area contributed by atoms with E-state index in [1.165, 1.54) is 0 Å². The van der Waals surface area contributed by atoms with Gasteiger partial charge >= 0.3 is 5.97 Å². The minimum absolute atomic E-state index is 0.112. The Morgan fingerprint density at radius 1 is 1.55 bits per heavy atom. The molecular formula is C8H14O3. The van der Waals surface area contributed by atoms with Gasteiger partial charge in [-0.2, -0.15) is 0 Å². The number of carbonyl (C=O) groups is 1. The minimum atomic E-state index is -0.317. The number of hydrogen-bond donors (Lipinski definition) is 0. The van der Waals surface area contributed by atoms with Crippen molar-refractivity contribution < 1.29 is 14.3 Å². The van der Waals surface area contributed by atoms with E-state index >= 15 is 0 Å². The van der Waals surface area contributed by atoms with Crippen LogP contribution in [-0.4, -0.2) is 18.9 Å². The summed E-state index contributed by atoms with van der Waals surface area (Å²) >= 11 is 0. The van der Waals surface area contributed by atoms with Crippen molar-refractivity contribution in [2.24, 2.45) is 5.41 Å². The third kappa shape index (κ3) is 2.89. The molecule has 0 bridgehead atoms. The predicted molar refractivity (Wildman–Crippen MR) is 39.9 cm³/mol. The van der Waals surface area contributed by atoms with Crippen LogP contribution < -0.4 is 0 Å². The van der Waals surface area contributed by atoms with E-state index in [4.69, 9.17) is 9.47 Å². The van der Waals surface area contributed by atoms with E-state index in [0.29, 0.717) is 0 Å². The zero-order valence-electron chi connectivity index (χ0n) is 7.22. The van der Waals surface area contributed by atoms with E-state index in [0.717, 1.165) is 6.42 Å². The van der Waals surface area contributed by atoms with Crippen molar-refractivity contribution in [2.75, 3.05) is 6.61 Å². The molecule has 0 N–H and O–H groups in total. The van der Waals surface area contributed by atoms with Crippen molar-refractivity contribution in [1.29, 1.82) is 0 Å². The Morgan fingerprint density at radius 3 is 2.55 bits per heavy atom. The first-order valence-electron chi connectivity index (χ1n) is 3.78. The molecule has 0 aromatic rings. The molecule has 1 aliphatic heterocycles. The van der Waals surface area contributed by atoms with Gasteiger partial charge in [0.05, 0.1) is 0 Å². The molecule has 0 amide bonds. The number of esters is 1. The number of ether oxygens (including phenoxy) is 2. The first kappa shape index (κ1) is 8.53. The summed E-state index contributed by atoms with van der Waals surface area (Å²) in [5.74, 6) is -0.251. The maximum atomic E-state index is 10.6. The first-order valence-corrected chi connectivity index (χ1v) is 3.78. The van der Waals surface area contributed by atoms with Crippen LogP contribution in [0.1, 0.15) is 27.2 Å². The molecule has 0 radical (unpaired) electrons. The van der Waals surface area contributed by atoms with Crippen LogP contribution in [0.4, 0.5) is 0 Å². The Hall–Kier alpha value is -0.570. The molecule has 0 aromatic heterocycles. The monoisotopic (exact) mass is 158 g/mol. The third-order valence-corrected chi connectivity index (χ3v) is 1.43. The lowest BCUT2D eigenvalue weighted by Gasteiger charge is -2.20. The first-order chi connectivity index (χ1) is 4.97. The minimum Gasteiger partial charge on any atom is -0.434 e. The molecule has 0 aromatic carbocycles. The Morgan fingerprint density at radius 2 is 2.18 bits per heavy atom. The van der Waals surface area contributed by atoms with Crippen LogP contribution in [0.3, 0.4) is 0 Å². The molecule has 0 saturated carbocycles. The largest absolute Gasteiger partial charge is 0.434 e. The van der Waals surface area contributed by atoms with Crippen LogP contribution in [0.2, 0.25) is 0 Å². The van der Waals surface area contributed by atoms with Gasteiger partial charge in [0, 0.05) is 6.42 Å². The standard InChI is InChI=1S/C8H14O3/c1-8(2,3)4-7-10-5-6(9)11-7/h7H,4-5H2,1-3H3. The summed E-state index contributed by atoms with van der Waals surface area (Å²) in [4.78, 5) is 10.6. The molecule has 11 heavy (non-hydrogen) atoms. The second-order valence-corrected chi connectivity index (χ2v) is 4.00. The van der Waals surface area contributed by atoms with E-state index in [1.807, 2.05) is 0 Å². The Balaban J connectivity index is 2.34. The van der Waals surface area contributed by atoms with E-state index in [-0.39, 0.29) is 24.3 Å². The number of rotatable bonds is 1. The zero-order valence-corrected chi connectivity index (χ0v) is 7.22. The summed E-state index contributed by atoms with van der Waals surface area (Å²) in [5.41, 5.74) is 0.148. The molecule has 1 unspecified atom stereocenters. The van der Waals surface area contributed by atoms with Gasteiger partial charge < -0.3 is 9.47 Å². The van der Waals surface area contributed by atoms with Crippen molar-refractivity contribution in [3.63, 3.8) is 0 Å². The highest BCUT2D eigenvalue weighted by Gasteiger charge is 2.28. The van der Waals surface area contributed by atoms with E-state index in [1.54, 1.807) is 0 Å². The summed E-state index contributed by atoms with van der Waals surface area (Å²) in [6.45, 7) is 6.37. The summed E-state index contributed by atoms with van der Waals surface area (Å²) in [6.07, 6.45) is 0.446. The molecule has 1 heterocycles. The smallest absolute Gasteiger partial charge is 0.334 e. The molecule has 1 fully saturated rings. The lowest BCUT2D eigenvalue weighted by Crippen LogP contribution is -2.18. The molecule has 1 rings (SSSR count). The second kappa shape index (κ2) is 2.81. The molecule has 0 aliphatic carbocycles. The fraction of sp³-hybridized carbons (Fsp3) is 0.875. The van der Waals surface area contributed by atoms with Gasteiger partial charge in [-0.15, -0.1) is 0 Å². The van der Waals surface area contributed by atoms with Gasteiger partial charge in [0.1, 0.15) is 6.61 Å². The van der Waals surface area contributed by atoms with E-state index in [9.17, 15) is 4.79 Å². The third-order valence-electron chi connectivity index (χ3n) is 1.43. The molecule has 3 heteroatoms. The fourth-order valence-corrected chi connectivity index (χ4v) is 0.976. The molecule has 64 valence electrons. The lowest BCUT2D eigenvalue weighted by molar-refractivity contribution is -0.145. The molecule has 1 aliphatic rings.